The van der Waals surface area contributed by atoms with Gasteiger partial charge in [0.25, 0.3) is 0 Å². The second-order valence-corrected chi connectivity index (χ2v) is 3.58. The monoisotopic (exact) mass is 251 g/mol. The first-order valence-electron chi connectivity index (χ1n) is 5.50. The molecule has 1 rings (SSSR count). The lowest BCUT2D eigenvalue weighted by molar-refractivity contribution is -0.135. The first-order valence-corrected chi connectivity index (χ1v) is 5.50. The molecule has 0 saturated carbocycles. The summed E-state index contributed by atoms with van der Waals surface area (Å²) in [5.74, 6) is 0.374. The second kappa shape index (κ2) is 7.34. The molecule has 0 aliphatic carbocycles. The summed E-state index contributed by atoms with van der Waals surface area (Å²) < 4.78 is 10.6. The van der Waals surface area contributed by atoms with Gasteiger partial charge in [-0.15, -0.1) is 0 Å². The third-order valence-corrected chi connectivity index (χ3v) is 2.19. The van der Waals surface area contributed by atoms with Crippen LogP contribution in [0.15, 0.2) is 30.9 Å². The number of hydrogen-bond donors (Lipinski definition) is 2. The molecular formula is C13H17NO4. The first-order chi connectivity index (χ1) is 8.67. The molecular weight excluding hydrogens is 234 g/mol. The average Bonchev–Trinajstić information content (AvgIpc) is 2.36. The first kappa shape index (κ1) is 14.1. The number of carbonyl (C=O) groups is 1. The molecule has 0 aliphatic rings. The number of carboxylic acid groups (broad SMARTS) is 1. The smallest absolute Gasteiger partial charge is 0.317 e. The van der Waals surface area contributed by atoms with Gasteiger partial charge in [-0.3, -0.25) is 4.79 Å². The molecule has 0 unspecified atom stereocenters. The van der Waals surface area contributed by atoms with E-state index in [-0.39, 0.29) is 6.54 Å². The molecule has 0 saturated heterocycles. The maximum absolute atomic E-state index is 10.4. The molecule has 18 heavy (non-hydrogen) atoms. The quantitative estimate of drug-likeness (QED) is 0.684. The van der Waals surface area contributed by atoms with E-state index in [9.17, 15) is 4.79 Å². The fourth-order valence-electron chi connectivity index (χ4n) is 1.40. The Morgan fingerprint density at radius 1 is 1.50 bits per heavy atom. The van der Waals surface area contributed by atoms with E-state index in [4.69, 9.17) is 14.6 Å². The van der Waals surface area contributed by atoms with Gasteiger partial charge in [0.05, 0.1) is 13.7 Å². The highest BCUT2D eigenvalue weighted by Crippen LogP contribution is 2.27. The van der Waals surface area contributed by atoms with Gasteiger partial charge in [-0.05, 0) is 17.7 Å². The van der Waals surface area contributed by atoms with Gasteiger partial charge in [-0.1, -0.05) is 18.7 Å². The summed E-state index contributed by atoms with van der Waals surface area (Å²) in [5, 5.41) is 11.3. The van der Waals surface area contributed by atoms with Gasteiger partial charge in [-0.2, -0.15) is 0 Å². The van der Waals surface area contributed by atoms with E-state index in [1.54, 1.807) is 19.3 Å². The van der Waals surface area contributed by atoms with Crippen LogP contribution in [0.25, 0.3) is 0 Å². The molecule has 5 heteroatoms. The highest BCUT2D eigenvalue weighted by Gasteiger charge is 2.05. The molecule has 0 radical (unpaired) electrons. The number of carboxylic acids is 1. The van der Waals surface area contributed by atoms with Crippen LogP contribution in [-0.4, -0.2) is 31.3 Å². The lowest BCUT2D eigenvalue weighted by Gasteiger charge is -2.11. The van der Waals surface area contributed by atoms with Crippen molar-refractivity contribution in [2.45, 2.75) is 6.54 Å². The van der Waals surface area contributed by atoms with Crippen molar-refractivity contribution in [1.29, 1.82) is 0 Å². The van der Waals surface area contributed by atoms with Crippen molar-refractivity contribution in [2.24, 2.45) is 0 Å². The summed E-state index contributed by atoms with van der Waals surface area (Å²) in [7, 11) is 1.56. The van der Waals surface area contributed by atoms with Gasteiger partial charge in [0.15, 0.2) is 11.5 Å². The van der Waals surface area contributed by atoms with Crippen LogP contribution in [0.4, 0.5) is 0 Å². The van der Waals surface area contributed by atoms with Crippen LogP contribution in [0.2, 0.25) is 0 Å². The number of ether oxygens (including phenoxy) is 2. The summed E-state index contributed by atoms with van der Waals surface area (Å²) in [6.07, 6.45) is 1.65. The Bertz CT molecular complexity index is 417. The molecule has 0 fully saturated rings. The Hall–Kier alpha value is -2.01. The zero-order chi connectivity index (χ0) is 13.4. The highest BCUT2D eigenvalue weighted by molar-refractivity contribution is 5.69. The molecule has 0 atom stereocenters. The normalized spacial score (nSPS) is 9.83. The molecule has 0 heterocycles. The fraction of sp³-hybridized carbons (Fsp3) is 0.308. The minimum Gasteiger partial charge on any atom is -0.493 e. The highest BCUT2D eigenvalue weighted by atomic mass is 16.5. The molecule has 0 amide bonds. The standard InChI is InChI=1S/C13H17NO4/c1-3-6-18-11-5-4-10(7-12(11)17-2)8-14-9-13(15)16/h3-5,7,14H,1,6,8-9H2,2H3,(H,15,16). The van der Waals surface area contributed by atoms with Gasteiger partial charge < -0.3 is 19.9 Å². The van der Waals surface area contributed by atoms with Crippen molar-refractivity contribution in [3.63, 3.8) is 0 Å². The minimum absolute atomic E-state index is 0.0724. The van der Waals surface area contributed by atoms with E-state index in [0.717, 1.165) is 5.56 Å². The van der Waals surface area contributed by atoms with Crippen LogP contribution in [0, 0.1) is 0 Å². The topological polar surface area (TPSA) is 67.8 Å². The number of rotatable bonds is 8. The number of hydrogen-bond acceptors (Lipinski definition) is 4. The van der Waals surface area contributed by atoms with E-state index in [0.29, 0.717) is 24.7 Å². The largest absolute Gasteiger partial charge is 0.493 e. The van der Waals surface area contributed by atoms with Gasteiger partial charge in [0.2, 0.25) is 0 Å². The van der Waals surface area contributed by atoms with Crippen molar-refractivity contribution in [3.8, 4) is 11.5 Å². The third kappa shape index (κ3) is 4.47. The van der Waals surface area contributed by atoms with E-state index in [1.807, 2.05) is 12.1 Å². The Labute approximate surface area is 106 Å². The molecule has 0 bridgehead atoms. The van der Waals surface area contributed by atoms with E-state index in [2.05, 4.69) is 11.9 Å². The molecule has 2 N–H and O–H groups in total. The number of methoxy groups -OCH3 is 1. The summed E-state index contributed by atoms with van der Waals surface area (Å²) >= 11 is 0. The second-order valence-electron chi connectivity index (χ2n) is 3.58. The van der Waals surface area contributed by atoms with Crippen LogP contribution in [-0.2, 0) is 11.3 Å². The van der Waals surface area contributed by atoms with Crippen molar-refractivity contribution in [2.75, 3.05) is 20.3 Å². The summed E-state index contributed by atoms with van der Waals surface area (Å²) in [5.41, 5.74) is 0.930. The van der Waals surface area contributed by atoms with Gasteiger partial charge in [0.1, 0.15) is 6.61 Å². The molecule has 0 aromatic heterocycles. The predicted octanol–water partition coefficient (Wildman–Crippen LogP) is 1.43. The summed E-state index contributed by atoms with van der Waals surface area (Å²) in [6, 6.07) is 5.46. The maximum Gasteiger partial charge on any atom is 0.317 e. The average molecular weight is 251 g/mol. The van der Waals surface area contributed by atoms with Crippen LogP contribution in [0.5, 0.6) is 11.5 Å². The van der Waals surface area contributed by atoms with Crippen LogP contribution < -0.4 is 14.8 Å². The molecule has 0 spiro atoms. The van der Waals surface area contributed by atoms with E-state index in [1.165, 1.54) is 0 Å². The zero-order valence-electron chi connectivity index (χ0n) is 10.3. The molecule has 1 aromatic carbocycles. The molecule has 1 aromatic rings. The van der Waals surface area contributed by atoms with Gasteiger partial charge in [-0.25, -0.2) is 0 Å². The minimum atomic E-state index is -0.882. The maximum atomic E-state index is 10.4. The molecule has 0 aliphatic heterocycles. The summed E-state index contributed by atoms with van der Waals surface area (Å²) in [6.45, 7) is 4.37. The Morgan fingerprint density at radius 3 is 2.89 bits per heavy atom. The Balaban J connectivity index is 2.65. The van der Waals surface area contributed by atoms with Crippen molar-refractivity contribution in [1.82, 2.24) is 5.32 Å². The summed E-state index contributed by atoms with van der Waals surface area (Å²) in [4.78, 5) is 10.4. The van der Waals surface area contributed by atoms with E-state index < -0.39 is 5.97 Å². The number of nitrogens with one attached hydrogen (secondary N) is 1. The van der Waals surface area contributed by atoms with Crippen molar-refractivity contribution >= 4 is 5.97 Å². The molecule has 98 valence electrons. The van der Waals surface area contributed by atoms with Crippen molar-refractivity contribution < 1.29 is 19.4 Å². The van der Waals surface area contributed by atoms with Crippen LogP contribution in [0.3, 0.4) is 0 Å². The number of benzene rings is 1. The zero-order valence-corrected chi connectivity index (χ0v) is 10.3. The van der Waals surface area contributed by atoms with Gasteiger partial charge >= 0.3 is 5.97 Å². The third-order valence-electron chi connectivity index (χ3n) is 2.19. The lowest BCUT2D eigenvalue weighted by Crippen LogP contribution is -2.21. The molecule has 5 nitrogen and oxygen atoms in total. The Morgan fingerprint density at radius 2 is 2.28 bits per heavy atom. The van der Waals surface area contributed by atoms with Gasteiger partial charge in [0, 0.05) is 6.54 Å². The fourth-order valence-corrected chi connectivity index (χ4v) is 1.40. The van der Waals surface area contributed by atoms with Crippen molar-refractivity contribution in [3.05, 3.63) is 36.4 Å². The van der Waals surface area contributed by atoms with Crippen LogP contribution >= 0.6 is 0 Å². The lowest BCUT2D eigenvalue weighted by atomic mass is 10.2. The van der Waals surface area contributed by atoms with Crippen LogP contribution in [0.1, 0.15) is 5.56 Å². The predicted molar refractivity (Wildman–Crippen MR) is 68.0 cm³/mol. The Kier molecular flexibility index (Phi) is 5.73. The number of aliphatic carboxylic acids is 1. The van der Waals surface area contributed by atoms with E-state index >= 15 is 0 Å². The SMILES string of the molecule is C=CCOc1ccc(CNCC(=O)O)cc1OC.